The molecule has 5 rings (SSSR count). The predicted octanol–water partition coefficient (Wildman–Crippen LogP) is 3.59. The molecule has 0 unspecified atom stereocenters. The molecule has 3 atom stereocenters. The molecule has 0 saturated carbocycles. The number of carbonyl (C=O) groups excluding carboxylic acids is 1. The number of likely N-dealkylation sites (N-methyl/N-ethyl adjacent to an activating group) is 1. The first-order valence-electron chi connectivity index (χ1n) is 12.9. The van der Waals surface area contributed by atoms with Crippen molar-refractivity contribution in [2.24, 2.45) is 11.7 Å². The zero-order valence-corrected chi connectivity index (χ0v) is 22.8. The molecule has 0 radical (unpaired) electrons. The number of benzene rings is 1. The lowest BCUT2D eigenvalue weighted by molar-refractivity contribution is -0.131. The molecular weight excluding hydrogens is 518 g/mol. The second-order valence-electron chi connectivity index (χ2n) is 10.2. The van der Waals surface area contributed by atoms with Gasteiger partial charge in [-0.2, -0.15) is 9.61 Å². The van der Waals surface area contributed by atoms with Crippen LogP contribution in [0.3, 0.4) is 0 Å². The van der Waals surface area contributed by atoms with E-state index in [1.54, 1.807) is 49.6 Å². The average molecular weight is 551 g/mol. The van der Waals surface area contributed by atoms with E-state index >= 15 is 0 Å². The molecule has 3 aromatic heterocycles. The summed E-state index contributed by atoms with van der Waals surface area (Å²) < 4.78 is 36.3. The first-order valence-corrected chi connectivity index (χ1v) is 12.9. The van der Waals surface area contributed by atoms with Crippen LogP contribution in [-0.2, 0) is 16.1 Å². The number of fused-ring (bicyclic) bond motifs is 1. The van der Waals surface area contributed by atoms with Gasteiger partial charge in [-0.25, -0.2) is 13.8 Å². The Hall–Kier alpha value is -4.16. The fraction of sp³-hybridized carbons (Fsp3) is 0.357. The van der Waals surface area contributed by atoms with Crippen molar-refractivity contribution in [3.8, 4) is 11.3 Å². The Labute approximate surface area is 230 Å². The highest BCUT2D eigenvalue weighted by molar-refractivity contribution is 5.75. The SMILES string of the molecule is COCc1cc(F)c(-c2ccc3cnc(Nc4cnccc4N4C[C@@H](N)[C@@H](N(C)C(C)=O)[C@@H](C)C4)n3n2)c(F)c1. The van der Waals surface area contributed by atoms with Crippen LogP contribution in [0.15, 0.2) is 48.9 Å². The number of nitrogens with two attached hydrogens (primary N) is 1. The highest BCUT2D eigenvalue weighted by atomic mass is 19.1. The van der Waals surface area contributed by atoms with Gasteiger partial charge < -0.3 is 25.6 Å². The Morgan fingerprint density at radius 1 is 1.20 bits per heavy atom. The van der Waals surface area contributed by atoms with Crippen molar-refractivity contribution >= 4 is 28.7 Å². The van der Waals surface area contributed by atoms with E-state index in [-0.39, 0.29) is 41.8 Å². The molecule has 10 nitrogen and oxygen atoms in total. The van der Waals surface area contributed by atoms with Gasteiger partial charge in [0.15, 0.2) is 0 Å². The minimum absolute atomic E-state index is 0.0178. The summed E-state index contributed by atoms with van der Waals surface area (Å²) in [6.45, 7) is 4.94. The van der Waals surface area contributed by atoms with Gasteiger partial charge in [-0.05, 0) is 41.8 Å². The lowest BCUT2D eigenvalue weighted by atomic mass is 9.88. The molecule has 40 heavy (non-hydrogen) atoms. The minimum atomic E-state index is -0.729. The van der Waals surface area contributed by atoms with Crippen LogP contribution >= 0.6 is 0 Å². The van der Waals surface area contributed by atoms with Crippen LogP contribution in [0.5, 0.6) is 0 Å². The number of imidazole rings is 1. The summed E-state index contributed by atoms with van der Waals surface area (Å²) in [5.41, 5.74) is 9.00. The predicted molar refractivity (Wildman–Crippen MR) is 148 cm³/mol. The van der Waals surface area contributed by atoms with Gasteiger partial charge in [0, 0.05) is 46.4 Å². The molecule has 1 saturated heterocycles. The molecule has 1 fully saturated rings. The van der Waals surface area contributed by atoms with E-state index in [9.17, 15) is 13.6 Å². The summed E-state index contributed by atoms with van der Waals surface area (Å²) in [7, 11) is 3.25. The van der Waals surface area contributed by atoms with Crippen molar-refractivity contribution < 1.29 is 18.3 Å². The van der Waals surface area contributed by atoms with Crippen LogP contribution in [-0.4, -0.2) is 69.7 Å². The normalized spacial score (nSPS) is 19.2. The lowest BCUT2D eigenvalue weighted by Gasteiger charge is -2.46. The Morgan fingerprint density at radius 3 is 2.62 bits per heavy atom. The molecule has 0 spiro atoms. The molecule has 1 amide bonds. The van der Waals surface area contributed by atoms with Gasteiger partial charge in [0.05, 0.1) is 53.2 Å². The van der Waals surface area contributed by atoms with Gasteiger partial charge in [-0.15, -0.1) is 0 Å². The van der Waals surface area contributed by atoms with E-state index in [0.29, 0.717) is 35.8 Å². The van der Waals surface area contributed by atoms with Crippen LogP contribution < -0.4 is 16.0 Å². The van der Waals surface area contributed by atoms with Gasteiger partial charge in [0.25, 0.3) is 0 Å². The van der Waals surface area contributed by atoms with E-state index in [0.717, 1.165) is 5.69 Å². The Kier molecular flexibility index (Phi) is 7.63. The number of halogens is 2. The van der Waals surface area contributed by atoms with Crippen molar-refractivity contribution in [3.05, 3.63) is 66.1 Å². The van der Waals surface area contributed by atoms with Crippen LogP contribution in [0, 0.1) is 17.6 Å². The van der Waals surface area contributed by atoms with Crippen molar-refractivity contribution in [2.75, 3.05) is 37.5 Å². The molecule has 210 valence electrons. The fourth-order valence-electron chi connectivity index (χ4n) is 5.49. The van der Waals surface area contributed by atoms with E-state index in [4.69, 9.17) is 10.5 Å². The third-order valence-corrected chi connectivity index (χ3v) is 7.34. The topological polar surface area (TPSA) is 114 Å². The number of hydrogen-bond donors (Lipinski definition) is 2. The number of carbonyl (C=O) groups is 1. The molecule has 1 aliphatic rings. The number of piperidine rings is 1. The Morgan fingerprint density at radius 2 is 1.95 bits per heavy atom. The second-order valence-corrected chi connectivity index (χ2v) is 10.2. The molecule has 0 aliphatic carbocycles. The molecule has 1 aliphatic heterocycles. The maximum atomic E-state index is 14.9. The summed E-state index contributed by atoms with van der Waals surface area (Å²) >= 11 is 0. The molecular formula is C28H32F2N8O2. The molecule has 12 heteroatoms. The smallest absolute Gasteiger partial charge is 0.229 e. The first-order chi connectivity index (χ1) is 19.2. The summed E-state index contributed by atoms with van der Waals surface area (Å²) in [6, 6.07) is 7.29. The summed E-state index contributed by atoms with van der Waals surface area (Å²) in [5, 5.41) is 7.78. The number of methoxy groups -OCH3 is 1. The van der Waals surface area contributed by atoms with Crippen LogP contribution in [0.4, 0.5) is 26.1 Å². The molecule has 1 aromatic carbocycles. The molecule has 4 aromatic rings. The highest BCUT2D eigenvalue weighted by Gasteiger charge is 2.36. The van der Waals surface area contributed by atoms with Crippen LogP contribution in [0.25, 0.3) is 16.8 Å². The monoisotopic (exact) mass is 550 g/mol. The van der Waals surface area contributed by atoms with E-state index in [2.05, 4.69) is 32.2 Å². The van der Waals surface area contributed by atoms with E-state index in [1.807, 2.05) is 6.07 Å². The summed E-state index contributed by atoms with van der Waals surface area (Å²) in [6.07, 6.45) is 4.99. The lowest BCUT2D eigenvalue weighted by Crippen LogP contribution is -2.62. The maximum Gasteiger partial charge on any atom is 0.229 e. The average Bonchev–Trinajstić information content (AvgIpc) is 3.30. The summed E-state index contributed by atoms with van der Waals surface area (Å²) in [4.78, 5) is 24.6. The zero-order chi connectivity index (χ0) is 28.6. The molecule has 4 heterocycles. The van der Waals surface area contributed by atoms with Gasteiger partial charge in [0.2, 0.25) is 11.9 Å². The van der Waals surface area contributed by atoms with Crippen LogP contribution in [0.1, 0.15) is 19.4 Å². The number of nitrogens with zero attached hydrogens (tertiary/aromatic N) is 6. The second kappa shape index (κ2) is 11.1. The summed E-state index contributed by atoms with van der Waals surface area (Å²) in [5.74, 6) is -1.00. The number of hydrogen-bond acceptors (Lipinski definition) is 8. The number of aromatic nitrogens is 4. The molecule has 0 bridgehead atoms. The minimum Gasteiger partial charge on any atom is -0.380 e. The number of ether oxygens (including phenoxy) is 1. The van der Waals surface area contributed by atoms with Crippen LogP contribution in [0.2, 0.25) is 0 Å². The van der Waals surface area contributed by atoms with Gasteiger partial charge in [-0.3, -0.25) is 9.78 Å². The number of rotatable bonds is 7. The Bertz CT molecular complexity index is 1510. The highest BCUT2D eigenvalue weighted by Crippen LogP contribution is 2.33. The number of anilines is 3. The largest absolute Gasteiger partial charge is 0.380 e. The van der Waals surface area contributed by atoms with Gasteiger partial charge >= 0.3 is 0 Å². The van der Waals surface area contributed by atoms with E-state index < -0.39 is 11.6 Å². The number of pyridine rings is 1. The molecule has 3 N–H and O–H groups in total. The van der Waals surface area contributed by atoms with Gasteiger partial charge in [-0.1, -0.05) is 6.92 Å². The fourth-order valence-corrected chi connectivity index (χ4v) is 5.49. The Balaban J connectivity index is 1.45. The zero-order valence-electron chi connectivity index (χ0n) is 22.8. The quantitative estimate of drug-likeness (QED) is 0.359. The van der Waals surface area contributed by atoms with Crippen molar-refractivity contribution in [2.45, 2.75) is 32.5 Å². The van der Waals surface area contributed by atoms with Gasteiger partial charge in [0.1, 0.15) is 11.6 Å². The number of nitrogens with one attached hydrogen (secondary N) is 1. The maximum absolute atomic E-state index is 14.9. The third-order valence-electron chi connectivity index (χ3n) is 7.34. The van der Waals surface area contributed by atoms with Crippen molar-refractivity contribution in [3.63, 3.8) is 0 Å². The van der Waals surface area contributed by atoms with Crippen molar-refractivity contribution in [1.82, 2.24) is 24.5 Å². The standard InChI is InChI=1S/C28H32F2N8O2/c1-16-13-37(14-22(31)27(16)36(3)17(2)39)25-7-8-32-12-24(25)34-28-33-11-19-5-6-23(35-38(19)28)26-20(29)9-18(15-40-4)10-21(26)30/h5-12,16,22,27H,13-15,31H2,1-4H3,(H,33,34)/t16-,22+,27-/m0/s1. The van der Waals surface area contributed by atoms with E-state index in [1.165, 1.54) is 23.8 Å². The van der Waals surface area contributed by atoms with Crippen molar-refractivity contribution in [1.29, 1.82) is 0 Å². The third kappa shape index (κ3) is 5.19. The first kappa shape index (κ1) is 27.4. The number of amides is 1.